The molecular weight excluding hydrogens is 284 g/mol. The third-order valence-electron chi connectivity index (χ3n) is 3.21. The molecule has 0 radical (unpaired) electrons. The van der Waals surface area contributed by atoms with Crippen molar-refractivity contribution >= 4 is 17.5 Å². The number of carbonyl (C=O) groups excluding carboxylic acids is 1. The van der Waals surface area contributed by atoms with E-state index < -0.39 is 6.04 Å². The molecule has 2 aliphatic rings. The fraction of sp³-hybridized carbons (Fsp3) is 0.385. The molecule has 6 nitrogen and oxygen atoms in total. The van der Waals surface area contributed by atoms with Crippen LogP contribution < -0.4 is 9.47 Å². The third-order valence-corrected chi connectivity index (χ3v) is 3.49. The van der Waals surface area contributed by atoms with Gasteiger partial charge in [0.2, 0.25) is 6.79 Å². The van der Waals surface area contributed by atoms with Crippen molar-refractivity contribution in [2.45, 2.75) is 6.04 Å². The molecule has 1 saturated heterocycles. The van der Waals surface area contributed by atoms with Crippen LogP contribution in [0.1, 0.15) is 10.4 Å². The van der Waals surface area contributed by atoms with Gasteiger partial charge in [-0.15, -0.1) is 0 Å². The quantitative estimate of drug-likeness (QED) is 0.783. The van der Waals surface area contributed by atoms with E-state index >= 15 is 0 Å². The largest absolute Gasteiger partial charge is 0.454 e. The zero-order valence-corrected chi connectivity index (χ0v) is 11.2. The van der Waals surface area contributed by atoms with Crippen molar-refractivity contribution < 1.29 is 19.0 Å². The summed E-state index contributed by atoms with van der Waals surface area (Å²) >= 11 is 6.06. The van der Waals surface area contributed by atoms with Gasteiger partial charge in [0.1, 0.15) is 6.04 Å². The second-order valence-corrected chi connectivity index (χ2v) is 4.82. The first kappa shape index (κ1) is 13.0. The van der Waals surface area contributed by atoms with Crippen LogP contribution in [0.3, 0.4) is 0 Å². The molecule has 20 heavy (non-hydrogen) atoms. The van der Waals surface area contributed by atoms with Gasteiger partial charge in [-0.05, 0) is 12.1 Å². The van der Waals surface area contributed by atoms with Crippen molar-refractivity contribution in [2.24, 2.45) is 0 Å². The number of morpholine rings is 1. The summed E-state index contributed by atoms with van der Waals surface area (Å²) in [4.78, 5) is 14.0. The molecule has 2 heterocycles. The van der Waals surface area contributed by atoms with Gasteiger partial charge < -0.3 is 19.1 Å². The summed E-state index contributed by atoms with van der Waals surface area (Å²) in [6.45, 7) is 1.11. The molecule has 0 bridgehead atoms. The fourth-order valence-corrected chi connectivity index (χ4v) is 2.48. The first-order chi connectivity index (χ1) is 9.70. The highest BCUT2D eigenvalue weighted by Gasteiger charge is 2.29. The molecule has 0 aliphatic carbocycles. The minimum absolute atomic E-state index is 0.0884. The lowest BCUT2D eigenvalue weighted by atomic mass is 10.1. The highest BCUT2D eigenvalue weighted by atomic mass is 35.5. The number of benzene rings is 1. The normalized spacial score (nSPS) is 20.6. The lowest BCUT2D eigenvalue weighted by Crippen LogP contribution is -2.47. The predicted octanol–water partition coefficient (Wildman–Crippen LogP) is 1.43. The summed E-state index contributed by atoms with van der Waals surface area (Å²) in [7, 11) is 0. The summed E-state index contributed by atoms with van der Waals surface area (Å²) < 4.78 is 15.6. The van der Waals surface area contributed by atoms with Crippen LogP contribution in [0.15, 0.2) is 12.1 Å². The Hall–Kier alpha value is -1.97. The Morgan fingerprint density at radius 3 is 3.10 bits per heavy atom. The number of amides is 1. The Morgan fingerprint density at radius 2 is 2.30 bits per heavy atom. The van der Waals surface area contributed by atoms with Crippen LogP contribution in [0.25, 0.3) is 0 Å². The maximum Gasteiger partial charge on any atom is 0.255 e. The summed E-state index contributed by atoms with van der Waals surface area (Å²) in [6, 6.07) is 4.59. The van der Waals surface area contributed by atoms with Crippen LogP contribution >= 0.6 is 11.6 Å². The van der Waals surface area contributed by atoms with Crippen LogP contribution in [0, 0.1) is 11.3 Å². The van der Waals surface area contributed by atoms with Crippen molar-refractivity contribution in [3.05, 3.63) is 22.7 Å². The Labute approximate surface area is 120 Å². The zero-order valence-electron chi connectivity index (χ0n) is 10.5. The second kappa shape index (κ2) is 5.19. The fourth-order valence-electron chi connectivity index (χ4n) is 2.21. The van der Waals surface area contributed by atoms with E-state index in [0.717, 1.165) is 0 Å². The lowest BCUT2D eigenvalue weighted by Gasteiger charge is -2.31. The van der Waals surface area contributed by atoms with E-state index in [4.69, 9.17) is 31.1 Å². The molecule has 104 valence electrons. The van der Waals surface area contributed by atoms with Crippen molar-refractivity contribution in [2.75, 3.05) is 26.6 Å². The summed E-state index contributed by atoms with van der Waals surface area (Å²) in [5.74, 6) is 0.629. The Bertz CT molecular complexity index is 599. The van der Waals surface area contributed by atoms with E-state index in [0.29, 0.717) is 35.2 Å². The maximum atomic E-state index is 12.5. The molecule has 0 aromatic heterocycles. The van der Waals surface area contributed by atoms with Crippen molar-refractivity contribution in [1.29, 1.82) is 5.26 Å². The SMILES string of the molecule is N#CC1COCCN1C(=O)c1cc(Cl)c2c(c1)OCO2. The third kappa shape index (κ3) is 2.15. The highest BCUT2D eigenvalue weighted by molar-refractivity contribution is 6.32. The molecule has 1 aromatic rings. The number of ether oxygens (including phenoxy) is 3. The number of nitriles is 1. The van der Waals surface area contributed by atoms with Gasteiger partial charge in [0.15, 0.2) is 11.5 Å². The minimum Gasteiger partial charge on any atom is -0.454 e. The van der Waals surface area contributed by atoms with Crippen LogP contribution in [-0.2, 0) is 4.74 Å². The second-order valence-electron chi connectivity index (χ2n) is 4.41. The van der Waals surface area contributed by atoms with Gasteiger partial charge in [-0.25, -0.2) is 0 Å². The van der Waals surface area contributed by atoms with E-state index in [1.807, 2.05) is 0 Å². The van der Waals surface area contributed by atoms with Gasteiger partial charge in [0.05, 0.1) is 24.3 Å². The first-order valence-electron chi connectivity index (χ1n) is 6.08. The predicted molar refractivity (Wildman–Crippen MR) is 68.8 cm³/mol. The van der Waals surface area contributed by atoms with Gasteiger partial charge in [-0.1, -0.05) is 11.6 Å². The summed E-state index contributed by atoms with van der Waals surface area (Å²) in [5, 5.41) is 9.40. The van der Waals surface area contributed by atoms with Crippen LogP contribution in [0.4, 0.5) is 0 Å². The molecule has 2 aliphatic heterocycles. The van der Waals surface area contributed by atoms with Gasteiger partial charge in [0, 0.05) is 12.1 Å². The topological polar surface area (TPSA) is 71.8 Å². The van der Waals surface area contributed by atoms with Gasteiger partial charge in [-0.2, -0.15) is 5.26 Å². The van der Waals surface area contributed by atoms with Gasteiger partial charge >= 0.3 is 0 Å². The van der Waals surface area contributed by atoms with E-state index in [1.165, 1.54) is 11.0 Å². The molecule has 0 N–H and O–H groups in total. The molecular formula is C13H11ClN2O4. The average molecular weight is 295 g/mol. The monoisotopic (exact) mass is 294 g/mol. The molecule has 0 spiro atoms. The molecule has 1 unspecified atom stereocenters. The van der Waals surface area contributed by atoms with E-state index in [-0.39, 0.29) is 19.3 Å². The standard InChI is InChI=1S/C13H11ClN2O4/c14-10-3-8(4-11-12(10)20-7-19-11)13(17)16-1-2-18-6-9(16)5-15/h3-4,9H,1-2,6-7H2. The van der Waals surface area contributed by atoms with Crippen LogP contribution in [-0.4, -0.2) is 43.4 Å². The molecule has 1 aromatic carbocycles. The minimum atomic E-state index is -0.583. The van der Waals surface area contributed by atoms with E-state index in [1.54, 1.807) is 6.07 Å². The highest BCUT2D eigenvalue weighted by Crippen LogP contribution is 2.40. The maximum absolute atomic E-state index is 12.5. The van der Waals surface area contributed by atoms with E-state index in [2.05, 4.69) is 6.07 Å². The molecule has 1 amide bonds. The molecule has 1 fully saturated rings. The number of rotatable bonds is 1. The van der Waals surface area contributed by atoms with Crippen LogP contribution in [0.5, 0.6) is 11.5 Å². The number of carbonyl (C=O) groups is 1. The average Bonchev–Trinajstić information content (AvgIpc) is 2.95. The van der Waals surface area contributed by atoms with E-state index in [9.17, 15) is 4.79 Å². The molecule has 1 atom stereocenters. The number of hydrogen-bond acceptors (Lipinski definition) is 5. The number of halogens is 1. The van der Waals surface area contributed by atoms with Gasteiger partial charge in [0.25, 0.3) is 5.91 Å². The van der Waals surface area contributed by atoms with Crippen molar-refractivity contribution in [3.8, 4) is 17.6 Å². The number of nitrogens with zero attached hydrogens (tertiary/aromatic N) is 2. The van der Waals surface area contributed by atoms with Crippen LogP contribution in [0.2, 0.25) is 5.02 Å². The molecule has 7 heteroatoms. The zero-order chi connectivity index (χ0) is 14.1. The first-order valence-corrected chi connectivity index (χ1v) is 6.46. The smallest absolute Gasteiger partial charge is 0.255 e. The Morgan fingerprint density at radius 1 is 1.45 bits per heavy atom. The number of hydrogen-bond donors (Lipinski definition) is 0. The van der Waals surface area contributed by atoms with Crippen molar-refractivity contribution in [3.63, 3.8) is 0 Å². The summed E-state index contributed by atoms with van der Waals surface area (Å²) in [5.41, 5.74) is 0.376. The number of fused-ring (bicyclic) bond motifs is 1. The van der Waals surface area contributed by atoms with Gasteiger partial charge in [-0.3, -0.25) is 4.79 Å². The van der Waals surface area contributed by atoms with Crippen molar-refractivity contribution in [1.82, 2.24) is 4.90 Å². The lowest BCUT2D eigenvalue weighted by molar-refractivity contribution is 0.0132. The Balaban J connectivity index is 1.91. The molecule has 0 saturated carbocycles. The Kier molecular flexibility index (Phi) is 3.38. The summed E-state index contributed by atoms with van der Waals surface area (Å²) in [6.07, 6.45) is 0. The molecule has 3 rings (SSSR count).